The average Bonchev–Trinajstić information content (AvgIpc) is 3.47. The van der Waals surface area contributed by atoms with E-state index < -0.39 is 187 Å². The molecule has 23 heteroatoms. The van der Waals surface area contributed by atoms with Crippen molar-refractivity contribution in [3.63, 3.8) is 0 Å². The van der Waals surface area contributed by atoms with Crippen LogP contribution in [-0.4, -0.2) is 216 Å². The number of carboxylic acids is 1. The molecule has 8 rings (SSSR count). The van der Waals surface area contributed by atoms with Crippen LogP contribution in [0.1, 0.15) is 114 Å². The summed E-state index contributed by atoms with van der Waals surface area (Å²) in [4.78, 5) is 39.5. The smallest absolute Gasteiger partial charge is 0.335 e. The molecule has 0 aromatic heterocycles. The van der Waals surface area contributed by atoms with E-state index in [2.05, 4.69) is 26.8 Å². The van der Waals surface area contributed by atoms with Crippen molar-refractivity contribution in [1.29, 1.82) is 0 Å². The Hall–Kier alpha value is -2.79. The highest BCUT2D eigenvalue weighted by atomic mass is 16.8. The average molecular weight is 1120 g/mol. The summed E-state index contributed by atoms with van der Waals surface area (Å²) in [6.07, 6.45) is -24.8. The number of aliphatic hydroxyl groups is 11. The second kappa shape index (κ2) is 22.1. The van der Waals surface area contributed by atoms with Gasteiger partial charge in [-0.3, -0.25) is 4.79 Å². The molecule has 3 saturated heterocycles. The first-order chi connectivity index (χ1) is 36.4. The molecule has 4 saturated carbocycles. The number of aliphatic hydroxyl groups excluding tert-OH is 11. The van der Waals surface area contributed by atoms with E-state index >= 15 is 0 Å². The Morgan fingerprint density at radius 2 is 1.24 bits per heavy atom. The molecular formula is C55H86O23. The van der Waals surface area contributed by atoms with Crippen molar-refractivity contribution in [3.05, 3.63) is 23.3 Å². The largest absolute Gasteiger partial charge is 0.479 e. The van der Waals surface area contributed by atoms with Crippen molar-refractivity contribution in [2.24, 2.45) is 50.2 Å². The Morgan fingerprint density at radius 3 is 1.77 bits per heavy atom. The van der Waals surface area contributed by atoms with E-state index in [0.717, 1.165) is 5.57 Å². The third-order valence-corrected chi connectivity index (χ3v) is 20.9. The second-order valence-corrected chi connectivity index (χ2v) is 25.7. The Bertz CT molecular complexity index is 2270. The fraction of sp³-hybridized carbons (Fsp3) is 0.873. The molecule has 26 atom stereocenters. The first-order valence-corrected chi connectivity index (χ1v) is 27.5. The van der Waals surface area contributed by atoms with E-state index in [4.69, 9.17) is 37.9 Å². The summed E-state index contributed by atoms with van der Waals surface area (Å²) >= 11 is 0. The molecule has 0 aromatic rings. The van der Waals surface area contributed by atoms with Gasteiger partial charge >= 0.3 is 17.9 Å². The van der Waals surface area contributed by atoms with Gasteiger partial charge in [0.25, 0.3) is 0 Å². The lowest BCUT2D eigenvalue weighted by Crippen LogP contribution is -2.72. The fourth-order valence-corrected chi connectivity index (χ4v) is 16.2. The summed E-state index contributed by atoms with van der Waals surface area (Å²) in [6.45, 7) is 17.1. The van der Waals surface area contributed by atoms with Gasteiger partial charge in [-0.05, 0) is 98.2 Å². The minimum absolute atomic E-state index is 0.0247. The Labute approximate surface area is 454 Å². The van der Waals surface area contributed by atoms with Crippen LogP contribution in [0, 0.1) is 50.2 Å². The van der Waals surface area contributed by atoms with Gasteiger partial charge in [0.05, 0.1) is 37.4 Å². The Balaban J connectivity index is 1.10. The number of hydrogen-bond acceptors (Lipinski definition) is 22. The van der Waals surface area contributed by atoms with Gasteiger partial charge in [-0.25, -0.2) is 9.59 Å². The van der Waals surface area contributed by atoms with Gasteiger partial charge in [0.15, 0.2) is 25.0 Å². The molecule has 0 radical (unpaired) electrons. The number of aliphatic carboxylic acids is 1. The van der Waals surface area contributed by atoms with Gasteiger partial charge in [-0.15, -0.1) is 0 Å². The highest BCUT2D eigenvalue weighted by Gasteiger charge is 2.74. The summed E-state index contributed by atoms with van der Waals surface area (Å²) in [5.74, 6) is -3.41. The lowest BCUT2D eigenvalue weighted by Gasteiger charge is -2.72. The summed E-state index contributed by atoms with van der Waals surface area (Å²) in [5.41, 5.74) is -2.95. The number of carboxylic acid groups (broad SMARTS) is 1. The molecule has 12 N–H and O–H groups in total. The minimum Gasteiger partial charge on any atom is -0.479 e. The maximum atomic E-state index is 13.4. The van der Waals surface area contributed by atoms with Crippen molar-refractivity contribution < 1.29 is 114 Å². The Morgan fingerprint density at radius 1 is 0.667 bits per heavy atom. The lowest BCUT2D eigenvalue weighted by molar-refractivity contribution is -0.391. The number of fused-ring (bicyclic) bond motifs is 7. The Kier molecular flexibility index (Phi) is 17.3. The topological polar surface area (TPSA) is 368 Å². The molecule has 7 fully saturated rings. The summed E-state index contributed by atoms with van der Waals surface area (Å²) in [6, 6.07) is 0. The number of carbonyl (C=O) groups is 3. The first kappa shape index (κ1) is 61.3. The number of hydrogen-bond donors (Lipinski definition) is 12. The number of carbonyl (C=O) groups excluding carboxylic acids is 2. The second-order valence-electron chi connectivity index (χ2n) is 25.7. The van der Waals surface area contributed by atoms with Crippen LogP contribution >= 0.6 is 0 Å². The van der Waals surface area contributed by atoms with Crippen LogP contribution in [0.25, 0.3) is 0 Å². The molecule has 0 amide bonds. The quantitative estimate of drug-likeness (QED) is 0.0488. The molecule has 0 spiro atoms. The fourth-order valence-electron chi connectivity index (χ4n) is 16.2. The van der Waals surface area contributed by atoms with E-state index in [-0.39, 0.29) is 23.7 Å². The number of rotatable bonds is 13. The molecule has 78 heavy (non-hydrogen) atoms. The van der Waals surface area contributed by atoms with Crippen LogP contribution in [0.4, 0.5) is 0 Å². The van der Waals surface area contributed by atoms with Gasteiger partial charge in [-0.1, -0.05) is 66.2 Å². The summed E-state index contributed by atoms with van der Waals surface area (Å²) in [7, 11) is 0. The zero-order valence-electron chi connectivity index (χ0n) is 46.3. The van der Waals surface area contributed by atoms with Crippen molar-refractivity contribution in [1.82, 2.24) is 0 Å². The van der Waals surface area contributed by atoms with Gasteiger partial charge in [0, 0.05) is 17.9 Å². The highest BCUT2D eigenvalue weighted by Crippen LogP contribution is 2.76. The van der Waals surface area contributed by atoms with E-state index in [1.54, 1.807) is 19.9 Å². The maximum absolute atomic E-state index is 13.4. The molecule has 0 aromatic carbocycles. The molecule has 23 nitrogen and oxygen atoms in total. The van der Waals surface area contributed by atoms with Gasteiger partial charge in [0.2, 0.25) is 0 Å². The van der Waals surface area contributed by atoms with Crippen molar-refractivity contribution in [2.45, 2.75) is 231 Å². The molecule has 0 unspecified atom stereocenters. The van der Waals surface area contributed by atoms with Crippen molar-refractivity contribution in [2.75, 3.05) is 19.8 Å². The normalized spacial score (nSPS) is 49.9. The van der Waals surface area contributed by atoms with E-state index in [1.807, 2.05) is 27.7 Å². The number of allylic oxidation sites excluding steroid dienone is 3. The molecule has 0 bridgehead atoms. The van der Waals surface area contributed by atoms with E-state index in [9.17, 15) is 75.7 Å². The van der Waals surface area contributed by atoms with Crippen molar-refractivity contribution >= 4 is 17.9 Å². The van der Waals surface area contributed by atoms with Crippen molar-refractivity contribution in [3.8, 4) is 0 Å². The van der Waals surface area contributed by atoms with Gasteiger partial charge in [-0.2, -0.15) is 0 Å². The summed E-state index contributed by atoms with van der Waals surface area (Å²) < 4.78 is 48.4. The highest BCUT2D eigenvalue weighted by molar-refractivity contribution is 5.87. The van der Waals surface area contributed by atoms with Crippen LogP contribution in [0.3, 0.4) is 0 Å². The maximum Gasteiger partial charge on any atom is 0.335 e. The lowest BCUT2D eigenvalue weighted by atomic mass is 9.33. The predicted octanol–water partition coefficient (Wildman–Crippen LogP) is -0.293. The van der Waals surface area contributed by atoms with Crippen LogP contribution in [0.15, 0.2) is 23.3 Å². The SMILES string of the molecule is C/C=C(\C)C(=O)O[C@@H]1[C@@H](OC(C)=O)[C@@]2(CO)[C@H](CC1(C)C)C1=CC[C@H]3[C@@]4(C)CC[C@@H](O[C@@H]5O[C@@H](C(=O)O)[C@@H](O[C@H]6O[C@H](CO)[C@H](O)[C@H](O)[C@H]6O)[C@@H](O)[C@H]5O[C@@H]5O[C@@H](CO)[C@H](O)[C@@H](O)[C@@H]5O)C(C)(C)[C@H]4CC[C@]3(C)[C@@]1(C)C[C@@H]2O. The third kappa shape index (κ3) is 9.72. The zero-order valence-corrected chi connectivity index (χ0v) is 46.3. The van der Waals surface area contributed by atoms with Gasteiger partial charge < -0.3 is 99.2 Å². The molecular weight excluding hydrogens is 1030 g/mol. The number of ether oxygens (including phenoxy) is 8. The summed E-state index contributed by atoms with van der Waals surface area (Å²) in [5, 5.41) is 131. The third-order valence-electron chi connectivity index (χ3n) is 20.9. The minimum atomic E-state index is -2.11. The monoisotopic (exact) mass is 1110 g/mol. The van der Waals surface area contributed by atoms with Crippen LogP contribution in [-0.2, 0) is 52.3 Å². The first-order valence-electron chi connectivity index (χ1n) is 27.5. The number of esters is 2. The van der Waals surface area contributed by atoms with E-state index in [1.165, 1.54) is 6.92 Å². The van der Waals surface area contributed by atoms with Crippen LogP contribution in [0.5, 0.6) is 0 Å². The predicted molar refractivity (Wildman–Crippen MR) is 268 cm³/mol. The zero-order chi connectivity index (χ0) is 57.7. The van der Waals surface area contributed by atoms with Gasteiger partial charge in [0.1, 0.15) is 79.4 Å². The standard InChI is InChI=1S/C55H86O23/c1-11-23(2)46(70)78-43-44(71-24(3)59)55(22-58)26(18-50(43,4)5)25-12-13-30-52(8)16-15-32(51(6,7)29(52)14-17-53(30,9)54(25,10)19-31(55)60)74-49-41(76-48-38(66)36(64)34(62)28(21-57)73-48)39(67)40(42(77-49)45(68)69)75-47-37(65)35(63)33(61)27(20-56)72-47/h11-12,26-44,47-49,56-58,60-67H,13-22H2,1-10H3,(H,68,69)/b23-11+/t26-,27-,28+,29-,30+,31+,32-,33+,34+,35+,36-,37-,38+,39-,40+,41-,42-,43-,44-,47-,48+,49-,52+,53+,54+,55+/m1/s1. The molecule has 3 aliphatic heterocycles. The molecule has 5 aliphatic carbocycles. The van der Waals surface area contributed by atoms with E-state index in [0.29, 0.717) is 44.1 Å². The molecule has 444 valence electrons. The molecule has 8 aliphatic rings. The van der Waals surface area contributed by atoms with Crippen LogP contribution < -0.4 is 0 Å². The molecule has 3 heterocycles. The van der Waals surface area contributed by atoms with Crippen LogP contribution in [0.2, 0.25) is 0 Å².